The SMILES string of the molecule is COc1ccc(OC)c(C2CCCN2C(=O)NC(C)C2CC3CCC2C3)c1. The van der Waals surface area contributed by atoms with Crippen molar-refractivity contribution in [1.29, 1.82) is 0 Å². The van der Waals surface area contributed by atoms with Crippen LogP contribution in [0.3, 0.4) is 0 Å². The van der Waals surface area contributed by atoms with Gasteiger partial charge in [-0.15, -0.1) is 0 Å². The highest BCUT2D eigenvalue weighted by molar-refractivity contribution is 5.75. The Hall–Kier alpha value is -1.91. The monoisotopic (exact) mass is 372 g/mol. The summed E-state index contributed by atoms with van der Waals surface area (Å²) >= 11 is 0. The van der Waals surface area contributed by atoms with Crippen molar-refractivity contribution in [3.63, 3.8) is 0 Å². The van der Waals surface area contributed by atoms with Gasteiger partial charge in [-0.1, -0.05) is 6.42 Å². The molecule has 1 aliphatic heterocycles. The van der Waals surface area contributed by atoms with Gasteiger partial charge in [-0.05, 0) is 75.0 Å². The lowest BCUT2D eigenvalue weighted by molar-refractivity contribution is 0.177. The summed E-state index contributed by atoms with van der Waals surface area (Å²) < 4.78 is 11.0. The van der Waals surface area contributed by atoms with Gasteiger partial charge >= 0.3 is 6.03 Å². The Morgan fingerprint density at radius 3 is 2.70 bits per heavy atom. The summed E-state index contributed by atoms with van der Waals surface area (Å²) in [5.74, 6) is 3.99. The van der Waals surface area contributed by atoms with Crippen molar-refractivity contribution < 1.29 is 14.3 Å². The molecule has 4 rings (SSSR count). The number of amides is 2. The maximum absolute atomic E-state index is 13.1. The van der Waals surface area contributed by atoms with E-state index in [1.54, 1.807) is 14.2 Å². The van der Waals surface area contributed by atoms with Crippen LogP contribution in [-0.4, -0.2) is 37.7 Å². The molecular weight excluding hydrogens is 340 g/mol. The molecular formula is C22H32N2O3. The number of carbonyl (C=O) groups is 1. The van der Waals surface area contributed by atoms with Crippen molar-refractivity contribution in [3.8, 4) is 11.5 Å². The third kappa shape index (κ3) is 3.48. The Balaban J connectivity index is 1.47. The summed E-state index contributed by atoms with van der Waals surface area (Å²) in [5.41, 5.74) is 1.04. The molecule has 1 saturated heterocycles. The van der Waals surface area contributed by atoms with E-state index in [0.717, 1.165) is 48.3 Å². The predicted octanol–water partition coefficient (Wildman–Crippen LogP) is 4.38. The minimum Gasteiger partial charge on any atom is -0.497 e. The number of carbonyl (C=O) groups excluding carboxylic acids is 1. The molecule has 5 atom stereocenters. The van der Waals surface area contributed by atoms with E-state index in [-0.39, 0.29) is 18.1 Å². The predicted molar refractivity (Wildman–Crippen MR) is 105 cm³/mol. The number of methoxy groups -OCH3 is 2. The molecule has 1 heterocycles. The van der Waals surface area contributed by atoms with Gasteiger partial charge in [0, 0.05) is 18.2 Å². The first-order valence-electron chi connectivity index (χ1n) is 10.4. The maximum atomic E-state index is 13.1. The molecule has 3 fully saturated rings. The first-order valence-corrected chi connectivity index (χ1v) is 10.4. The molecule has 27 heavy (non-hydrogen) atoms. The van der Waals surface area contributed by atoms with E-state index in [9.17, 15) is 4.79 Å². The van der Waals surface area contributed by atoms with Gasteiger partial charge in [-0.3, -0.25) is 0 Å². The molecule has 1 N–H and O–H groups in total. The number of fused-ring (bicyclic) bond motifs is 2. The molecule has 2 saturated carbocycles. The standard InChI is InChI=1S/C22H32N2O3/c1-14(18-12-15-6-7-16(18)11-15)23-22(25)24-10-4-5-20(24)19-13-17(26-2)8-9-21(19)27-3/h8-9,13-16,18,20H,4-7,10-12H2,1-3H3,(H,23,25). The highest BCUT2D eigenvalue weighted by Crippen LogP contribution is 2.49. The van der Waals surface area contributed by atoms with E-state index in [0.29, 0.717) is 5.92 Å². The van der Waals surface area contributed by atoms with Gasteiger partial charge in [0.25, 0.3) is 0 Å². The molecule has 148 valence electrons. The van der Waals surface area contributed by atoms with E-state index in [1.165, 1.54) is 25.7 Å². The van der Waals surface area contributed by atoms with E-state index in [4.69, 9.17) is 9.47 Å². The second kappa shape index (κ2) is 7.61. The van der Waals surface area contributed by atoms with Gasteiger partial charge < -0.3 is 19.7 Å². The van der Waals surface area contributed by atoms with Crippen LogP contribution in [-0.2, 0) is 0 Å². The summed E-state index contributed by atoms with van der Waals surface area (Å²) in [6.45, 7) is 2.99. The van der Waals surface area contributed by atoms with E-state index < -0.39 is 0 Å². The summed E-state index contributed by atoms with van der Waals surface area (Å²) in [7, 11) is 3.35. The van der Waals surface area contributed by atoms with Crippen molar-refractivity contribution >= 4 is 6.03 Å². The number of hydrogen-bond donors (Lipinski definition) is 1. The Morgan fingerprint density at radius 2 is 2.04 bits per heavy atom. The average molecular weight is 373 g/mol. The molecule has 5 nitrogen and oxygen atoms in total. The molecule has 1 aromatic rings. The van der Waals surface area contributed by atoms with Crippen LogP contribution in [0.25, 0.3) is 0 Å². The number of likely N-dealkylation sites (tertiary alicyclic amines) is 1. The van der Waals surface area contributed by atoms with Gasteiger partial charge in [-0.25, -0.2) is 4.79 Å². The molecule has 2 bridgehead atoms. The first-order chi connectivity index (χ1) is 13.1. The number of nitrogens with one attached hydrogen (secondary N) is 1. The number of hydrogen-bond acceptors (Lipinski definition) is 3. The van der Waals surface area contributed by atoms with Gasteiger partial charge in [-0.2, -0.15) is 0 Å². The lowest BCUT2D eigenvalue weighted by Crippen LogP contribution is -2.47. The fourth-order valence-corrected chi connectivity index (χ4v) is 5.72. The van der Waals surface area contributed by atoms with Gasteiger partial charge in [0.2, 0.25) is 0 Å². The fraction of sp³-hybridized carbons (Fsp3) is 0.682. The minimum atomic E-state index is 0.0438. The molecule has 2 aliphatic carbocycles. The highest BCUT2D eigenvalue weighted by atomic mass is 16.5. The normalized spacial score (nSPS) is 30.4. The molecule has 5 heteroatoms. The average Bonchev–Trinajstić information content (AvgIpc) is 3.43. The Labute approximate surface area is 162 Å². The molecule has 5 unspecified atom stereocenters. The number of benzene rings is 1. The molecule has 1 aromatic carbocycles. The summed E-state index contributed by atoms with van der Waals surface area (Å²) in [6.07, 6.45) is 7.38. The third-order valence-electron chi connectivity index (χ3n) is 7.10. The fourth-order valence-electron chi connectivity index (χ4n) is 5.72. The van der Waals surface area contributed by atoms with Gasteiger partial charge in [0.05, 0.1) is 20.3 Å². The second-order valence-electron chi connectivity index (χ2n) is 8.54. The zero-order valence-electron chi connectivity index (χ0n) is 16.7. The number of urea groups is 1. The minimum absolute atomic E-state index is 0.0438. The Bertz CT molecular complexity index is 692. The van der Waals surface area contributed by atoms with E-state index in [1.807, 2.05) is 23.1 Å². The molecule has 0 radical (unpaired) electrons. The smallest absolute Gasteiger partial charge is 0.318 e. The molecule has 3 aliphatic rings. The van der Waals surface area contributed by atoms with Crippen LogP contribution in [0.15, 0.2) is 18.2 Å². The number of rotatable bonds is 5. The lowest BCUT2D eigenvalue weighted by atomic mass is 9.84. The van der Waals surface area contributed by atoms with Crippen LogP contribution in [0.5, 0.6) is 11.5 Å². The highest BCUT2D eigenvalue weighted by Gasteiger charge is 2.43. The third-order valence-corrected chi connectivity index (χ3v) is 7.10. The van der Waals surface area contributed by atoms with Gasteiger partial charge in [0.15, 0.2) is 0 Å². The van der Waals surface area contributed by atoms with E-state index >= 15 is 0 Å². The van der Waals surface area contributed by atoms with Crippen molar-refractivity contribution in [3.05, 3.63) is 23.8 Å². The van der Waals surface area contributed by atoms with Crippen molar-refractivity contribution in [2.75, 3.05) is 20.8 Å². The van der Waals surface area contributed by atoms with Crippen LogP contribution >= 0.6 is 0 Å². The van der Waals surface area contributed by atoms with Crippen molar-refractivity contribution in [2.24, 2.45) is 17.8 Å². The number of ether oxygens (including phenoxy) is 2. The van der Waals surface area contributed by atoms with Crippen LogP contribution < -0.4 is 14.8 Å². The van der Waals surface area contributed by atoms with Gasteiger partial charge in [0.1, 0.15) is 11.5 Å². The summed E-state index contributed by atoms with van der Waals surface area (Å²) in [6, 6.07) is 6.20. The van der Waals surface area contributed by atoms with Crippen molar-refractivity contribution in [1.82, 2.24) is 10.2 Å². The van der Waals surface area contributed by atoms with Crippen LogP contribution in [0.2, 0.25) is 0 Å². The lowest BCUT2D eigenvalue weighted by Gasteiger charge is -2.32. The van der Waals surface area contributed by atoms with Crippen LogP contribution in [0, 0.1) is 17.8 Å². The molecule has 0 aromatic heterocycles. The quantitative estimate of drug-likeness (QED) is 0.835. The molecule has 0 spiro atoms. The topological polar surface area (TPSA) is 50.8 Å². The van der Waals surface area contributed by atoms with Crippen LogP contribution in [0.4, 0.5) is 4.79 Å². The summed E-state index contributed by atoms with van der Waals surface area (Å²) in [5, 5.41) is 3.33. The van der Waals surface area contributed by atoms with Crippen LogP contribution in [0.1, 0.15) is 57.1 Å². The Kier molecular flexibility index (Phi) is 5.20. The first kappa shape index (κ1) is 18.5. The zero-order valence-corrected chi connectivity index (χ0v) is 16.7. The van der Waals surface area contributed by atoms with E-state index in [2.05, 4.69) is 12.2 Å². The molecule has 2 amide bonds. The second-order valence-corrected chi connectivity index (χ2v) is 8.54. The largest absolute Gasteiger partial charge is 0.497 e. The Morgan fingerprint density at radius 1 is 1.19 bits per heavy atom. The number of nitrogens with zero attached hydrogens (tertiary/aromatic N) is 1. The summed E-state index contributed by atoms with van der Waals surface area (Å²) in [4.78, 5) is 15.1. The van der Waals surface area contributed by atoms with Crippen molar-refractivity contribution in [2.45, 2.75) is 57.5 Å². The zero-order chi connectivity index (χ0) is 19.0. The maximum Gasteiger partial charge on any atom is 0.318 e.